The number of alkyl halides is 1. The van der Waals surface area contributed by atoms with E-state index in [0.29, 0.717) is 0 Å². The Kier molecular flexibility index (Phi) is 2.72. The highest BCUT2D eigenvalue weighted by molar-refractivity contribution is 6.25. The van der Waals surface area contributed by atoms with Crippen LogP contribution in [-0.4, -0.2) is 0 Å². The molecule has 102 valence electrons. The van der Waals surface area contributed by atoms with Crippen LogP contribution in [0.1, 0.15) is 36.8 Å². The van der Waals surface area contributed by atoms with Crippen molar-refractivity contribution in [3.63, 3.8) is 0 Å². The summed E-state index contributed by atoms with van der Waals surface area (Å²) in [4.78, 5) is -0.224. The summed E-state index contributed by atoms with van der Waals surface area (Å²) in [5.74, 6) is 0.785. The van der Waals surface area contributed by atoms with Gasteiger partial charge in [-0.05, 0) is 42.7 Å². The van der Waals surface area contributed by atoms with Gasteiger partial charge < -0.3 is 0 Å². The topological polar surface area (TPSA) is 0 Å². The van der Waals surface area contributed by atoms with Crippen LogP contribution in [0.25, 0.3) is 0 Å². The maximum Gasteiger partial charge on any atom is 0.0793 e. The Balaban J connectivity index is 1.88. The summed E-state index contributed by atoms with van der Waals surface area (Å²) in [6, 6.07) is 21.7. The molecule has 2 aliphatic carbocycles. The van der Waals surface area contributed by atoms with Gasteiger partial charge >= 0.3 is 0 Å². The first-order valence-corrected chi connectivity index (χ1v) is 7.92. The molecule has 0 radical (unpaired) electrons. The number of hydrogen-bond donors (Lipinski definition) is 0. The number of hydrogen-bond acceptors (Lipinski definition) is 0. The molecule has 3 atom stereocenters. The molecule has 0 spiro atoms. The lowest BCUT2D eigenvalue weighted by Crippen LogP contribution is -2.41. The molecular formula is C19H19Cl. The molecule has 0 aliphatic heterocycles. The SMILES string of the molecule is ClC1(c2ccccc2)CC2CCC1(c1ccccc1)C2. The van der Waals surface area contributed by atoms with Gasteiger partial charge in [0.1, 0.15) is 0 Å². The molecule has 1 heteroatoms. The molecule has 4 rings (SSSR count). The van der Waals surface area contributed by atoms with E-state index < -0.39 is 0 Å². The van der Waals surface area contributed by atoms with Crippen LogP contribution in [0.5, 0.6) is 0 Å². The first-order chi connectivity index (χ1) is 9.75. The first-order valence-electron chi connectivity index (χ1n) is 7.55. The molecule has 2 saturated carbocycles. The van der Waals surface area contributed by atoms with Crippen molar-refractivity contribution in [2.75, 3.05) is 0 Å². The smallest absolute Gasteiger partial charge is 0.0793 e. The van der Waals surface area contributed by atoms with Gasteiger partial charge in [0.15, 0.2) is 0 Å². The van der Waals surface area contributed by atoms with Gasteiger partial charge in [0, 0.05) is 5.41 Å². The van der Waals surface area contributed by atoms with E-state index in [0.717, 1.165) is 12.3 Å². The van der Waals surface area contributed by atoms with Gasteiger partial charge in [-0.25, -0.2) is 0 Å². The summed E-state index contributed by atoms with van der Waals surface area (Å²) >= 11 is 7.28. The summed E-state index contributed by atoms with van der Waals surface area (Å²) in [7, 11) is 0. The fourth-order valence-electron chi connectivity index (χ4n) is 4.62. The highest BCUT2D eigenvalue weighted by atomic mass is 35.5. The Hall–Kier alpha value is -1.27. The van der Waals surface area contributed by atoms with Crippen molar-refractivity contribution in [2.45, 2.75) is 36.0 Å². The van der Waals surface area contributed by atoms with E-state index in [1.165, 1.54) is 30.4 Å². The molecule has 2 aliphatic rings. The Morgan fingerprint density at radius 2 is 1.40 bits per heavy atom. The van der Waals surface area contributed by atoms with E-state index in [-0.39, 0.29) is 10.3 Å². The molecule has 0 heterocycles. The number of fused-ring (bicyclic) bond motifs is 2. The van der Waals surface area contributed by atoms with E-state index in [4.69, 9.17) is 11.6 Å². The summed E-state index contributed by atoms with van der Waals surface area (Å²) < 4.78 is 0. The Morgan fingerprint density at radius 1 is 0.800 bits per heavy atom. The van der Waals surface area contributed by atoms with E-state index in [2.05, 4.69) is 60.7 Å². The average Bonchev–Trinajstić information content (AvgIpc) is 3.06. The van der Waals surface area contributed by atoms with Gasteiger partial charge in [-0.1, -0.05) is 60.7 Å². The quantitative estimate of drug-likeness (QED) is 0.659. The Labute approximate surface area is 125 Å². The van der Waals surface area contributed by atoms with Gasteiger partial charge in [0.25, 0.3) is 0 Å². The Bertz CT molecular complexity index is 604. The normalized spacial score (nSPS) is 35.4. The fraction of sp³-hybridized carbons (Fsp3) is 0.368. The van der Waals surface area contributed by atoms with Crippen LogP contribution < -0.4 is 0 Å². The van der Waals surface area contributed by atoms with Gasteiger partial charge in [-0.2, -0.15) is 0 Å². The third-order valence-electron chi connectivity index (χ3n) is 5.50. The van der Waals surface area contributed by atoms with Crippen molar-refractivity contribution in [2.24, 2.45) is 5.92 Å². The zero-order valence-electron chi connectivity index (χ0n) is 11.6. The zero-order valence-corrected chi connectivity index (χ0v) is 12.3. The molecule has 2 aromatic carbocycles. The van der Waals surface area contributed by atoms with Crippen LogP contribution in [0.4, 0.5) is 0 Å². The van der Waals surface area contributed by atoms with Crippen molar-refractivity contribution < 1.29 is 0 Å². The summed E-state index contributed by atoms with van der Waals surface area (Å²) in [5, 5.41) is 0. The third-order valence-corrected chi connectivity index (χ3v) is 6.24. The highest BCUT2D eigenvalue weighted by Crippen LogP contribution is 2.67. The summed E-state index contributed by atoms with van der Waals surface area (Å²) in [6.45, 7) is 0. The summed E-state index contributed by atoms with van der Waals surface area (Å²) in [5.41, 5.74) is 2.86. The maximum atomic E-state index is 7.28. The molecule has 20 heavy (non-hydrogen) atoms. The van der Waals surface area contributed by atoms with Gasteiger partial charge in [0.2, 0.25) is 0 Å². The van der Waals surface area contributed by atoms with Gasteiger partial charge in [-0.15, -0.1) is 11.6 Å². The minimum Gasteiger partial charge on any atom is -0.113 e. The van der Waals surface area contributed by atoms with Crippen LogP contribution in [0, 0.1) is 5.92 Å². The second kappa shape index (κ2) is 4.36. The molecule has 2 fully saturated rings. The lowest BCUT2D eigenvalue weighted by Gasteiger charge is -2.43. The van der Waals surface area contributed by atoms with Crippen LogP contribution >= 0.6 is 11.6 Å². The van der Waals surface area contributed by atoms with Crippen LogP contribution in [0.15, 0.2) is 60.7 Å². The molecule has 0 amide bonds. The maximum absolute atomic E-state index is 7.28. The average molecular weight is 283 g/mol. The largest absolute Gasteiger partial charge is 0.113 e. The molecule has 0 N–H and O–H groups in total. The first kappa shape index (κ1) is 12.5. The number of rotatable bonds is 2. The van der Waals surface area contributed by atoms with Crippen molar-refractivity contribution >= 4 is 11.6 Å². The molecular weight excluding hydrogens is 264 g/mol. The lowest BCUT2D eigenvalue weighted by molar-refractivity contribution is 0.316. The van der Waals surface area contributed by atoms with E-state index >= 15 is 0 Å². The third kappa shape index (κ3) is 1.55. The Morgan fingerprint density at radius 3 is 2.00 bits per heavy atom. The van der Waals surface area contributed by atoms with E-state index in [1.807, 2.05) is 0 Å². The van der Waals surface area contributed by atoms with Crippen LogP contribution in [0.3, 0.4) is 0 Å². The lowest BCUT2D eigenvalue weighted by atomic mass is 9.67. The van der Waals surface area contributed by atoms with Crippen molar-refractivity contribution in [1.29, 1.82) is 0 Å². The summed E-state index contributed by atoms with van der Waals surface area (Å²) in [6.07, 6.45) is 4.92. The fourth-order valence-corrected chi connectivity index (χ4v) is 5.24. The minimum absolute atomic E-state index is 0.127. The highest BCUT2D eigenvalue weighted by Gasteiger charge is 2.62. The van der Waals surface area contributed by atoms with Gasteiger partial charge in [0.05, 0.1) is 4.87 Å². The molecule has 0 aromatic heterocycles. The van der Waals surface area contributed by atoms with E-state index in [1.54, 1.807) is 0 Å². The van der Waals surface area contributed by atoms with Crippen molar-refractivity contribution in [3.05, 3.63) is 71.8 Å². The minimum atomic E-state index is -0.224. The predicted octanol–water partition coefficient (Wildman–Crippen LogP) is 5.26. The predicted molar refractivity (Wildman–Crippen MR) is 84.1 cm³/mol. The molecule has 3 unspecified atom stereocenters. The molecule has 2 aromatic rings. The second-order valence-corrected chi connectivity index (χ2v) is 7.07. The second-order valence-electron chi connectivity index (χ2n) is 6.43. The van der Waals surface area contributed by atoms with Gasteiger partial charge in [-0.3, -0.25) is 0 Å². The number of halogens is 1. The molecule has 2 bridgehead atoms. The molecule has 0 saturated heterocycles. The monoisotopic (exact) mass is 282 g/mol. The van der Waals surface area contributed by atoms with Crippen molar-refractivity contribution in [1.82, 2.24) is 0 Å². The van der Waals surface area contributed by atoms with Crippen LogP contribution in [-0.2, 0) is 10.3 Å². The van der Waals surface area contributed by atoms with Crippen LogP contribution in [0.2, 0.25) is 0 Å². The zero-order chi connectivity index (χ0) is 13.6. The van der Waals surface area contributed by atoms with Crippen molar-refractivity contribution in [3.8, 4) is 0 Å². The van der Waals surface area contributed by atoms with E-state index in [9.17, 15) is 0 Å². The standard InChI is InChI=1S/C19H19Cl/c20-19(17-9-5-2-6-10-17)14-15-11-12-18(19,13-15)16-7-3-1-4-8-16/h1-10,15H,11-14H2. The molecule has 0 nitrogen and oxygen atoms in total. The number of benzene rings is 2.